The van der Waals surface area contributed by atoms with Crippen LogP contribution in [0.15, 0.2) is 39.5 Å². The molecule has 0 saturated carbocycles. The number of carboxylic acids is 2. The first kappa shape index (κ1) is 32.4. The molecule has 1 aromatic heterocycles. The maximum absolute atomic E-state index is 13.5. The highest BCUT2D eigenvalue weighted by Gasteiger charge is 2.30. The van der Waals surface area contributed by atoms with Gasteiger partial charge in [0, 0.05) is 29.9 Å². The largest absolute Gasteiger partial charge is 0.508 e. The number of nitrogens with one attached hydrogen (secondary N) is 1. The quantitative estimate of drug-likeness (QED) is 0.0730. The van der Waals surface area contributed by atoms with E-state index >= 15 is 0 Å². The molecule has 2 unspecified atom stereocenters. The first-order chi connectivity index (χ1) is 20.3. The summed E-state index contributed by atoms with van der Waals surface area (Å²) >= 11 is 4.02. The molecule has 2 atom stereocenters. The van der Waals surface area contributed by atoms with Crippen molar-refractivity contribution in [3.05, 3.63) is 40.6 Å². The zero-order valence-corrected chi connectivity index (χ0v) is 23.2. The Labute approximate surface area is 247 Å². The van der Waals surface area contributed by atoms with Crippen LogP contribution in [0.4, 0.5) is 0 Å². The van der Waals surface area contributed by atoms with Crippen LogP contribution in [-0.4, -0.2) is 85.8 Å². The number of hydroxylamine groups is 2. The van der Waals surface area contributed by atoms with E-state index in [-0.39, 0.29) is 40.9 Å². The molecule has 17 heteroatoms. The number of nitrogens with zero attached hydrogens (tertiary/aromatic N) is 1. The third-order valence-corrected chi connectivity index (χ3v) is 6.26. The van der Waals surface area contributed by atoms with Crippen LogP contribution >= 0.6 is 12.6 Å². The maximum Gasteiger partial charge on any atom is 0.326 e. The Bertz CT molecular complexity index is 1620. The average Bonchev–Trinajstić information content (AvgIpc) is 2.94. The number of ether oxygens (including phenoxy) is 1. The number of rotatable bonds is 13. The smallest absolute Gasteiger partial charge is 0.326 e. The zero-order chi connectivity index (χ0) is 32.0. The van der Waals surface area contributed by atoms with E-state index in [4.69, 9.17) is 24.8 Å². The molecule has 2 aromatic carbocycles. The number of carbonyl (C=O) groups excluding carboxylic acids is 2. The molecule has 0 fully saturated rings. The third kappa shape index (κ3) is 7.57. The Morgan fingerprint density at radius 2 is 1.79 bits per heavy atom. The number of phenolic OH excluding ortho intramolecular Hbond substituents is 3. The lowest BCUT2D eigenvalue weighted by molar-refractivity contribution is -0.168. The van der Waals surface area contributed by atoms with E-state index in [1.54, 1.807) is 0 Å². The van der Waals surface area contributed by atoms with Crippen LogP contribution in [0.3, 0.4) is 0 Å². The minimum Gasteiger partial charge on any atom is -0.508 e. The molecule has 16 nitrogen and oxygen atoms in total. The summed E-state index contributed by atoms with van der Waals surface area (Å²) in [7, 11) is 1.15. The van der Waals surface area contributed by atoms with Gasteiger partial charge in [0.15, 0.2) is 29.6 Å². The van der Waals surface area contributed by atoms with E-state index in [1.807, 2.05) is 0 Å². The second-order valence-corrected chi connectivity index (χ2v) is 9.33. The molecular weight excluding hydrogens is 594 g/mol. The van der Waals surface area contributed by atoms with Gasteiger partial charge in [0.1, 0.15) is 28.8 Å². The Hall–Kier alpha value is -5.16. The fourth-order valence-corrected chi connectivity index (χ4v) is 4.05. The van der Waals surface area contributed by atoms with Crippen molar-refractivity contribution in [3.8, 4) is 40.1 Å². The summed E-state index contributed by atoms with van der Waals surface area (Å²) in [4.78, 5) is 67.1. The summed E-state index contributed by atoms with van der Waals surface area (Å²) in [6.45, 7) is -1.09. The highest BCUT2D eigenvalue weighted by atomic mass is 32.1. The Morgan fingerprint density at radius 1 is 1.09 bits per heavy atom. The van der Waals surface area contributed by atoms with Gasteiger partial charge >= 0.3 is 11.9 Å². The van der Waals surface area contributed by atoms with Crippen molar-refractivity contribution in [2.75, 3.05) is 19.4 Å². The standard InChI is InChI=1S/C26H27N3O13S/c1-40-24-22(36)21-17(41-23(24)11-2-4-15(31)16(32)6-11)7-12(30)8-18(21)42-29(9-20(34)35)25(37)14(10-43)28-19(33)5-3-13(27)26(38)39/h2,4,6-8,13-14,30-32,43H,3,5,9-10,27H2,1H3,(H,28,33)(H,34,35)(H,38,39). The van der Waals surface area contributed by atoms with E-state index < -0.39 is 76.6 Å². The summed E-state index contributed by atoms with van der Waals surface area (Å²) in [6.07, 6.45) is -0.618. The van der Waals surface area contributed by atoms with Gasteiger partial charge in [-0.2, -0.15) is 17.7 Å². The van der Waals surface area contributed by atoms with E-state index in [0.717, 1.165) is 31.4 Å². The van der Waals surface area contributed by atoms with E-state index in [0.29, 0.717) is 5.06 Å². The monoisotopic (exact) mass is 621 g/mol. The lowest BCUT2D eigenvalue weighted by Gasteiger charge is -2.26. The molecule has 230 valence electrons. The first-order valence-electron chi connectivity index (χ1n) is 12.3. The van der Waals surface area contributed by atoms with Crippen molar-refractivity contribution < 1.29 is 58.7 Å². The number of hydrogen-bond donors (Lipinski definition) is 8. The van der Waals surface area contributed by atoms with Gasteiger partial charge in [0.05, 0.1) is 7.11 Å². The number of nitrogens with two attached hydrogens (primary N) is 1. The molecule has 0 saturated heterocycles. The summed E-state index contributed by atoms with van der Waals surface area (Å²) < 4.78 is 11.0. The zero-order valence-electron chi connectivity index (χ0n) is 22.3. The summed E-state index contributed by atoms with van der Waals surface area (Å²) in [5, 5.41) is 50.4. The second-order valence-electron chi connectivity index (χ2n) is 8.96. The normalized spacial score (nSPS) is 12.3. The van der Waals surface area contributed by atoms with Gasteiger partial charge in [0.2, 0.25) is 17.1 Å². The Balaban J connectivity index is 2.02. The molecule has 0 aliphatic rings. The van der Waals surface area contributed by atoms with E-state index in [2.05, 4.69) is 17.9 Å². The molecule has 8 N–H and O–H groups in total. The van der Waals surface area contributed by atoms with E-state index in [9.17, 15) is 44.4 Å². The van der Waals surface area contributed by atoms with Crippen LogP contribution in [-0.2, 0) is 19.2 Å². The highest BCUT2D eigenvalue weighted by Crippen LogP contribution is 2.38. The fourth-order valence-electron chi connectivity index (χ4n) is 3.80. The number of carbonyl (C=O) groups is 4. The average molecular weight is 622 g/mol. The number of aromatic hydroxyl groups is 3. The third-order valence-electron chi connectivity index (χ3n) is 5.89. The number of aliphatic carboxylic acids is 2. The minimum atomic E-state index is -1.55. The van der Waals surface area contributed by atoms with Gasteiger partial charge in [-0.05, 0) is 24.6 Å². The maximum atomic E-state index is 13.5. The number of amides is 2. The molecule has 0 spiro atoms. The summed E-state index contributed by atoms with van der Waals surface area (Å²) in [5.74, 6) is -7.72. The summed E-state index contributed by atoms with van der Waals surface area (Å²) in [6, 6.07) is 2.71. The van der Waals surface area contributed by atoms with Crippen LogP contribution < -0.4 is 26.1 Å². The fraction of sp³-hybridized carbons (Fsp3) is 0.269. The molecule has 0 aliphatic carbocycles. The van der Waals surface area contributed by atoms with Crippen molar-refractivity contribution in [2.45, 2.75) is 24.9 Å². The molecular formula is C26H27N3O13S. The van der Waals surface area contributed by atoms with E-state index in [1.165, 1.54) is 6.07 Å². The summed E-state index contributed by atoms with van der Waals surface area (Å²) in [5.41, 5.74) is 4.32. The second kappa shape index (κ2) is 13.7. The number of phenols is 3. The van der Waals surface area contributed by atoms with Crippen LogP contribution in [0.1, 0.15) is 12.8 Å². The van der Waals surface area contributed by atoms with Crippen molar-refractivity contribution in [1.29, 1.82) is 0 Å². The molecule has 3 aromatic rings. The predicted octanol–water partition coefficient (Wildman–Crippen LogP) is 0.399. The molecule has 0 bridgehead atoms. The minimum absolute atomic E-state index is 0.108. The van der Waals surface area contributed by atoms with Gasteiger partial charge in [-0.1, -0.05) is 0 Å². The van der Waals surface area contributed by atoms with Gasteiger partial charge in [-0.3, -0.25) is 24.0 Å². The molecule has 2 amide bonds. The van der Waals surface area contributed by atoms with Crippen LogP contribution in [0, 0.1) is 0 Å². The number of thiol groups is 1. The number of benzene rings is 2. The van der Waals surface area contributed by atoms with Crippen molar-refractivity contribution in [1.82, 2.24) is 10.4 Å². The van der Waals surface area contributed by atoms with Crippen molar-refractivity contribution in [2.24, 2.45) is 5.73 Å². The number of hydrogen-bond acceptors (Lipinski definition) is 13. The molecule has 0 aliphatic heterocycles. The topological polar surface area (TPSA) is 259 Å². The first-order valence-corrected chi connectivity index (χ1v) is 12.9. The van der Waals surface area contributed by atoms with Gasteiger partial charge in [-0.15, -0.1) is 0 Å². The molecule has 0 radical (unpaired) electrons. The Kier molecular flexibility index (Phi) is 10.3. The number of carboxylic acid groups (broad SMARTS) is 2. The van der Waals surface area contributed by atoms with Gasteiger partial charge in [-0.25, -0.2) is 0 Å². The van der Waals surface area contributed by atoms with Crippen LogP contribution in [0.2, 0.25) is 0 Å². The van der Waals surface area contributed by atoms with Gasteiger partial charge < -0.3 is 50.6 Å². The molecule has 3 rings (SSSR count). The van der Waals surface area contributed by atoms with Gasteiger partial charge in [0.25, 0.3) is 5.91 Å². The predicted molar refractivity (Wildman–Crippen MR) is 150 cm³/mol. The highest BCUT2D eigenvalue weighted by molar-refractivity contribution is 7.80. The van der Waals surface area contributed by atoms with Crippen LogP contribution in [0.25, 0.3) is 22.3 Å². The Morgan fingerprint density at radius 3 is 2.37 bits per heavy atom. The van der Waals surface area contributed by atoms with Crippen LogP contribution in [0.5, 0.6) is 28.7 Å². The molecule has 1 heterocycles. The number of fused-ring (bicyclic) bond motifs is 1. The number of methoxy groups -OCH3 is 1. The van der Waals surface area contributed by atoms with Crippen molar-refractivity contribution in [3.63, 3.8) is 0 Å². The lowest BCUT2D eigenvalue weighted by Crippen LogP contribution is -2.52. The lowest BCUT2D eigenvalue weighted by atomic mass is 10.1. The van der Waals surface area contributed by atoms with Crippen molar-refractivity contribution >= 4 is 47.4 Å². The SMILES string of the molecule is COc1c(-c2ccc(O)c(O)c2)oc2cc(O)cc(ON(CC(=O)O)C(=O)C(CS)NC(=O)CCC(N)C(=O)O)c2c1=O. The molecule has 43 heavy (non-hydrogen) atoms.